The normalized spacial score (nSPS) is 26.2. The van der Waals surface area contributed by atoms with Gasteiger partial charge in [0.25, 0.3) is 0 Å². The number of benzene rings is 1. The summed E-state index contributed by atoms with van der Waals surface area (Å²) in [7, 11) is 0. The second kappa shape index (κ2) is 7.28. The van der Waals surface area contributed by atoms with Gasteiger partial charge in [-0.05, 0) is 56.2 Å². The summed E-state index contributed by atoms with van der Waals surface area (Å²) >= 11 is 0. The lowest BCUT2D eigenvalue weighted by Crippen LogP contribution is -2.29. The molecule has 0 saturated carbocycles. The van der Waals surface area contributed by atoms with Crippen LogP contribution in [0.5, 0.6) is 0 Å². The maximum absolute atomic E-state index is 5.61. The molecule has 0 aromatic heterocycles. The first-order valence-electron chi connectivity index (χ1n) is 8.49. The van der Waals surface area contributed by atoms with Crippen molar-refractivity contribution in [2.24, 2.45) is 5.92 Å². The van der Waals surface area contributed by atoms with E-state index in [2.05, 4.69) is 41.4 Å². The third-order valence-corrected chi connectivity index (χ3v) is 4.93. The van der Waals surface area contributed by atoms with Crippen LogP contribution in [0.4, 0.5) is 5.69 Å². The molecule has 116 valence electrons. The minimum Gasteiger partial charge on any atom is -0.378 e. The molecule has 1 aromatic rings. The van der Waals surface area contributed by atoms with Crippen molar-refractivity contribution in [1.29, 1.82) is 0 Å². The molecular formula is C18H28N2O. The molecule has 21 heavy (non-hydrogen) atoms. The molecule has 3 rings (SSSR count). The van der Waals surface area contributed by atoms with E-state index in [1.54, 1.807) is 0 Å². The summed E-state index contributed by atoms with van der Waals surface area (Å²) in [6, 6.07) is 9.10. The molecule has 0 bridgehead atoms. The number of hydrogen-bond acceptors (Lipinski definition) is 3. The van der Waals surface area contributed by atoms with E-state index in [0.29, 0.717) is 12.0 Å². The Morgan fingerprint density at radius 3 is 2.57 bits per heavy atom. The molecule has 0 spiro atoms. The number of rotatable bonds is 5. The topological polar surface area (TPSA) is 24.5 Å². The van der Waals surface area contributed by atoms with Crippen LogP contribution < -0.4 is 10.2 Å². The maximum atomic E-state index is 5.61. The molecular weight excluding hydrogens is 260 g/mol. The number of nitrogens with one attached hydrogen (secondary N) is 1. The quantitative estimate of drug-likeness (QED) is 0.900. The van der Waals surface area contributed by atoms with E-state index >= 15 is 0 Å². The van der Waals surface area contributed by atoms with E-state index in [9.17, 15) is 0 Å². The third kappa shape index (κ3) is 3.98. The maximum Gasteiger partial charge on any atom is 0.0588 e. The van der Waals surface area contributed by atoms with Crippen LogP contribution in [0.2, 0.25) is 0 Å². The summed E-state index contributed by atoms with van der Waals surface area (Å²) in [5, 5.41) is 3.58. The Bertz CT molecular complexity index is 425. The molecule has 2 saturated heterocycles. The summed E-state index contributed by atoms with van der Waals surface area (Å²) < 4.78 is 5.61. The Labute approximate surface area is 128 Å². The van der Waals surface area contributed by atoms with Crippen LogP contribution in [0.15, 0.2) is 24.3 Å². The summed E-state index contributed by atoms with van der Waals surface area (Å²) in [4.78, 5) is 2.51. The van der Waals surface area contributed by atoms with Gasteiger partial charge < -0.3 is 15.0 Å². The zero-order valence-electron chi connectivity index (χ0n) is 13.2. The molecule has 2 heterocycles. The van der Waals surface area contributed by atoms with Gasteiger partial charge in [0.15, 0.2) is 0 Å². The molecule has 3 heteroatoms. The van der Waals surface area contributed by atoms with Gasteiger partial charge in [-0.1, -0.05) is 12.1 Å². The van der Waals surface area contributed by atoms with Crippen molar-refractivity contribution < 1.29 is 4.74 Å². The van der Waals surface area contributed by atoms with Crippen molar-refractivity contribution in [3.8, 4) is 0 Å². The lowest BCUT2D eigenvalue weighted by atomic mass is 10.0. The van der Waals surface area contributed by atoms with Crippen LogP contribution in [0.3, 0.4) is 0 Å². The van der Waals surface area contributed by atoms with Gasteiger partial charge >= 0.3 is 0 Å². The van der Waals surface area contributed by atoms with Crippen LogP contribution in [0, 0.1) is 5.92 Å². The third-order valence-electron chi connectivity index (χ3n) is 4.93. The van der Waals surface area contributed by atoms with E-state index in [0.717, 1.165) is 19.7 Å². The minimum atomic E-state index is 0.416. The average molecular weight is 288 g/mol. The Morgan fingerprint density at radius 1 is 1.14 bits per heavy atom. The number of piperidine rings is 1. The van der Waals surface area contributed by atoms with Crippen LogP contribution in [0.1, 0.15) is 38.2 Å². The standard InChI is InChI=1S/C18H28N2O/c1-15-17(9-12-21-15)14-19-13-16-5-7-18(8-6-16)20-10-3-2-4-11-20/h5-8,15,17,19H,2-4,9-14H2,1H3. The summed E-state index contributed by atoms with van der Waals surface area (Å²) in [6.07, 6.45) is 5.68. The van der Waals surface area contributed by atoms with Gasteiger partial charge in [-0.25, -0.2) is 0 Å². The number of ether oxygens (including phenoxy) is 1. The SMILES string of the molecule is CC1OCCC1CNCc1ccc(N2CCCCC2)cc1. The highest BCUT2D eigenvalue weighted by Gasteiger charge is 2.23. The fourth-order valence-corrected chi connectivity index (χ4v) is 3.42. The number of hydrogen-bond donors (Lipinski definition) is 1. The Hall–Kier alpha value is -1.06. The van der Waals surface area contributed by atoms with E-state index in [-0.39, 0.29) is 0 Å². The number of nitrogens with zero attached hydrogens (tertiary/aromatic N) is 1. The molecule has 2 aliphatic rings. The first-order chi connectivity index (χ1) is 10.3. The summed E-state index contributed by atoms with van der Waals surface area (Å²) in [6.45, 7) is 7.58. The van der Waals surface area contributed by atoms with Gasteiger partial charge in [0.2, 0.25) is 0 Å². The smallest absolute Gasteiger partial charge is 0.0588 e. The van der Waals surface area contributed by atoms with Crippen molar-refractivity contribution in [3.05, 3.63) is 29.8 Å². The zero-order valence-corrected chi connectivity index (χ0v) is 13.2. The zero-order chi connectivity index (χ0) is 14.5. The van der Waals surface area contributed by atoms with Crippen molar-refractivity contribution >= 4 is 5.69 Å². The van der Waals surface area contributed by atoms with Crippen molar-refractivity contribution in [2.45, 2.75) is 45.3 Å². The minimum absolute atomic E-state index is 0.416. The molecule has 2 unspecified atom stereocenters. The monoisotopic (exact) mass is 288 g/mol. The van der Waals surface area contributed by atoms with E-state index in [4.69, 9.17) is 4.74 Å². The van der Waals surface area contributed by atoms with Gasteiger partial charge in [0, 0.05) is 38.5 Å². The highest BCUT2D eigenvalue weighted by Crippen LogP contribution is 2.21. The number of anilines is 1. The van der Waals surface area contributed by atoms with Gasteiger partial charge in [0.05, 0.1) is 6.10 Å². The lowest BCUT2D eigenvalue weighted by Gasteiger charge is -2.28. The van der Waals surface area contributed by atoms with E-state index < -0.39 is 0 Å². The van der Waals surface area contributed by atoms with Crippen LogP contribution in [-0.2, 0) is 11.3 Å². The Kier molecular flexibility index (Phi) is 5.15. The summed E-state index contributed by atoms with van der Waals surface area (Å²) in [5.74, 6) is 0.678. The Morgan fingerprint density at radius 2 is 1.90 bits per heavy atom. The molecule has 0 amide bonds. The second-order valence-corrected chi connectivity index (χ2v) is 6.47. The molecule has 3 nitrogen and oxygen atoms in total. The van der Waals surface area contributed by atoms with Crippen LogP contribution in [0.25, 0.3) is 0 Å². The second-order valence-electron chi connectivity index (χ2n) is 6.47. The Balaban J connectivity index is 1.45. The molecule has 2 aliphatic heterocycles. The van der Waals surface area contributed by atoms with Crippen LogP contribution >= 0.6 is 0 Å². The molecule has 1 aromatic carbocycles. The van der Waals surface area contributed by atoms with Crippen LogP contribution in [-0.4, -0.2) is 32.3 Å². The molecule has 2 fully saturated rings. The first kappa shape index (κ1) is 14.9. The highest BCUT2D eigenvalue weighted by atomic mass is 16.5. The fourth-order valence-electron chi connectivity index (χ4n) is 3.42. The van der Waals surface area contributed by atoms with E-state index in [1.807, 2.05) is 0 Å². The average Bonchev–Trinajstić information content (AvgIpc) is 2.94. The fraction of sp³-hybridized carbons (Fsp3) is 0.667. The van der Waals surface area contributed by atoms with Gasteiger partial charge in [-0.15, -0.1) is 0 Å². The molecule has 0 aliphatic carbocycles. The summed E-state index contributed by atoms with van der Waals surface area (Å²) in [5.41, 5.74) is 2.76. The van der Waals surface area contributed by atoms with E-state index in [1.165, 1.54) is 50.0 Å². The van der Waals surface area contributed by atoms with Gasteiger partial charge in [-0.3, -0.25) is 0 Å². The lowest BCUT2D eigenvalue weighted by molar-refractivity contribution is 0.105. The van der Waals surface area contributed by atoms with Gasteiger partial charge in [0.1, 0.15) is 0 Å². The first-order valence-corrected chi connectivity index (χ1v) is 8.49. The largest absolute Gasteiger partial charge is 0.378 e. The van der Waals surface area contributed by atoms with Gasteiger partial charge in [-0.2, -0.15) is 0 Å². The molecule has 1 N–H and O–H groups in total. The highest BCUT2D eigenvalue weighted by molar-refractivity contribution is 5.47. The molecule has 2 atom stereocenters. The van der Waals surface area contributed by atoms with Crippen molar-refractivity contribution in [2.75, 3.05) is 31.1 Å². The van der Waals surface area contributed by atoms with Crippen molar-refractivity contribution in [1.82, 2.24) is 5.32 Å². The van der Waals surface area contributed by atoms with Crippen molar-refractivity contribution in [3.63, 3.8) is 0 Å². The predicted octanol–water partition coefficient (Wildman–Crippen LogP) is 3.19. The molecule has 0 radical (unpaired) electrons. The predicted molar refractivity (Wildman–Crippen MR) is 87.7 cm³/mol.